The Labute approximate surface area is 181 Å². The highest BCUT2D eigenvalue weighted by Gasteiger charge is 2.34. The van der Waals surface area contributed by atoms with Crippen molar-refractivity contribution in [3.05, 3.63) is 41.4 Å². The molecule has 3 N–H and O–H groups in total. The van der Waals surface area contributed by atoms with E-state index in [1.54, 1.807) is 0 Å². The monoisotopic (exact) mass is 450 g/mol. The number of carbonyl (C=O) groups is 1. The van der Waals surface area contributed by atoms with Crippen molar-refractivity contribution in [3.8, 4) is 17.2 Å². The maximum absolute atomic E-state index is 13.2. The molecule has 1 atom stereocenters. The highest BCUT2D eigenvalue weighted by molar-refractivity contribution is 6.30. The zero-order valence-electron chi connectivity index (χ0n) is 17.4. The van der Waals surface area contributed by atoms with Gasteiger partial charge in [-0.25, -0.2) is 14.8 Å². The maximum Gasteiger partial charge on any atom is 0.433 e. The van der Waals surface area contributed by atoms with Crippen LogP contribution in [-0.4, -0.2) is 42.4 Å². The normalized spacial score (nSPS) is 12.9. The van der Waals surface area contributed by atoms with E-state index in [-0.39, 0.29) is 52.2 Å². The number of halogens is 3. The molecule has 0 saturated carbocycles. The minimum absolute atomic E-state index is 0.0415. The molecule has 0 unspecified atom stereocenters. The van der Waals surface area contributed by atoms with Crippen molar-refractivity contribution in [2.45, 2.75) is 25.8 Å². The van der Waals surface area contributed by atoms with Gasteiger partial charge in [0.2, 0.25) is 5.89 Å². The second kappa shape index (κ2) is 9.17. The molecule has 32 heavy (non-hydrogen) atoms. The average Bonchev–Trinajstić information content (AvgIpc) is 3.17. The van der Waals surface area contributed by atoms with E-state index in [9.17, 15) is 23.1 Å². The summed E-state index contributed by atoms with van der Waals surface area (Å²) in [4.78, 5) is 19.6. The summed E-state index contributed by atoms with van der Waals surface area (Å²) in [5.41, 5.74) is 4.14. The standard InChI is InChI=1S/C20H20BF3N3O5/c1-9(2)14(21-31-8-25)17-16(19(28)29)27-18(32-17)11-4-6-12(30-3)15-10(11)5-7-13(26-15)20(22,23)24/h4-7,9,14H,8,25H2,1-3H3,(H,28,29)/t14-/m0/s1. The summed E-state index contributed by atoms with van der Waals surface area (Å²) in [6.07, 6.45) is -4.65. The van der Waals surface area contributed by atoms with Gasteiger partial charge in [-0.1, -0.05) is 13.8 Å². The van der Waals surface area contributed by atoms with E-state index >= 15 is 0 Å². The largest absolute Gasteiger partial charge is 0.494 e. The molecule has 0 fully saturated rings. The number of rotatable bonds is 8. The minimum Gasteiger partial charge on any atom is -0.494 e. The van der Waals surface area contributed by atoms with Crippen LogP contribution in [-0.2, 0) is 10.8 Å². The van der Waals surface area contributed by atoms with Gasteiger partial charge in [0.15, 0.2) is 5.69 Å². The fourth-order valence-electron chi connectivity index (χ4n) is 3.21. The number of hydrogen-bond acceptors (Lipinski definition) is 7. The Bertz CT molecular complexity index is 1130. The second-order valence-electron chi connectivity index (χ2n) is 7.18. The van der Waals surface area contributed by atoms with E-state index in [4.69, 9.17) is 19.5 Å². The summed E-state index contributed by atoms with van der Waals surface area (Å²) >= 11 is 0. The third-order valence-corrected chi connectivity index (χ3v) is 4.78. The first-order valence-corrected chi connectivity index (χ1v) is 9.52. The van der Waals surface area contributed by atoms with Gasteiger partial charge in [-0.2, -0.15) is 13.2 Å². The minimum atomic E-state index is -4.65. The predicted octanol–water partition coefficient (Wildman–Crippen LogP) is 3.86. The number of aromatic nitrogens is 2. The van der Waals surface area contributed by atoms with Gasteiger partial charge >= 0.3 is 19.6 Å². The van der Waals surface area contributed by atoms with Crippen LogP contribution >= 0.6 is 0 Å². The van der Waals surface area contributed by atoms with Crippen molar-refractivity contribution in [3.63, 3.8) is 0 Å². The molecule has 169 valence electrons. The quantitative estimate of drug-likeness (QED) is 0.392. The number of pyridine rings is 1. The Hall–Kier alpha value is -3.12. The fraction of sp³-hybridized carbons (Fsp3) is 0.350. The van der Waals surface area contributed by atoms with E-state index in [0.29, 0.717) is 0 Å². The maximum atomic E-state index is 13.2. The van der Waals surface area contributed by atoms with Crippen molar-refractivity contribution >= 4 is 24.4 Å². The molecule has 3 aromatic rings. The van der Waals surface area contributed by atoms with E-state index in [2.05, 4.69) is 9.97 Å². The molecule has 3 rings (SSSR count). The number of oxazole rings is 1. The van der Waals surface area contributed by atoms with Gasteiger partial charge in [0, 0.05) is 16.8 Å². The smallest absolute Gasteiger partial charge is 0.433 e. The lowest BCUT2D eigenvalue weighted by molar-refractivity contribution is -0.140. The molecule has 0 saturated heterocycles. The highest BCUT2D eigenvalue weighted by atomic mass is 19.4. The number of carboxylic acids is 1. The van der Waals surface area contributed by atoms with Crippen molar-refractivity contribution in [2.75, 3.05) is 13.8 Å². The molecular formula is C20H20BF3N3O5. The van der Waals surface area contributed by atoms with Crippen molar-refractivity contribution in [1.29, 1.82) is 0 Å². The average molecular weight is 450 g/mol. The summed E-state index contributed by atoms with van der Waals surface area (Å²) in [5, 5.41) is 9.90. The van der Waals surface area contributed by atoms with Crippen LogP contribution in [0.5, 0.6) is 5.75 Å². The summed E-state index contributed by atoms with van der Waals surface area (Å²) in [6.45, 7) is 3.56. The predicted molar refractivity (Wildman–Crippen MR) is 109 cm³/mol. The van der Waals surface area contributed by atoms with Crippen LogP contribution < -0.4 is 10.5 Å². The van der Waals surface area contributed by atoms with Crippen molar-refractivity contribution < 1.29 is 36.9 Å². The molecule has 0 spiro atoms. The van der Waals surface area contributed by atoms with Gasteiger partial charge in [0.05, 0.1) is 13.8 Å². The summed E-state index contributed by atoms with van der Waals surface area (Å²) in [7, 11) is 2.69. The molecule has 1 radical (unpaired) electrons. The molecule has 2 aromatic heterocycles. The van der Waals surface area contributed by atoms with Crippen LogP contribution in [0.25, 0.3) is 22.4 Å². The summed E-state index contributed by atoms with van der Waals surface area (Å²) in [5.74, 6) is -1.95. The first-order chi connectivity index (χ1) is 15.1. The van der Waals surface area contributed by atoms with Crippen LogP contribution in [0.3, 0.4) is 0 Å². The van der Waals surface area contributed by atoms with E-state index in [0.717, 1.165) is 6.07 Å². The van der Waals surface area contributed by atoms with Gasteiger partial charge in [-0.3, -0.25) is 0 Å². The van der Waals surface area contributed by atoms with Crippen LogP contribution in [0, 0.1) is 5.92 Å². The number of benzene rings is 1. The number of nitrogens with zero attached hydrogens (tertiary/aromatic N) is 2. The second-order valence-corrected chi connectivity index (χ2v) is 7.18. The zero-order chi connectivity index (χ0) is 23.6. The van der Waals surface area contributed by atoms with Crippen molar-refractivity contribution in [2.24, 2.45) is 11.7 Å². The zero-order valence-corrected chi connectivity index (χ0v) is 17.4. The molecule has 0 aliphatic rings. The first kappa shape index (κ1) is 23.5. The first-order valence-electron chi connectivity index (χ1n) is 9.52. The Morgan fingerprint density at radius 1 is 1.25 bits per heavy atom. The number of ether oxygens (including phenoxy) is 1. The van der Waals surface area contributed by atoms with Gasteiger partial charge in [-0.15, -0.1) is 0 Å². The van der Waals surface area contributed by atoms with Crippen LogP contribution in [0.1, 0.15) is 41.6 Å². The molecular weight excluding hydrogens is 430 g/mol. The lowest BCUT2D eigenvalue weighted by atomic mass is 9.70. The molecule has 1 aromatic carbocycles. The van der Waals surface area contributed by atoms with Gasteiger partial charge in [0.25, 0.3) is 0 Å². The molecule has 0 aliphatic heterocycles. The third-order valence-electron chi connectivity index (χ3n) is 4.78. The number of hydrogen-bond donors (Lipinski definition) is 2. The Morgan fingerprint density at radius 2 is 1.97 bits per heavy atom. The Morgan fingerprint density at radius 3 is 2.53 bits per heavy atom. The van der Waals surface area contributed by atoms with E-state index in [1.165, 1.54) is 32.8 Å². The number of carboxylic acid groups (broad SMARTS) is 1. The lowest BCUT2D eigenvalue weighted by Gasteiger charge is -2.17. The highest BCUT2D eigenvalue weighted by Crippen LogP contribution is 2.38. The number of nitrogens with two attached hydrogens (primary N) is 1. The van der Waals surface area contributed by atoms with Crippen LogP contribution in [0.2, 0.25) is 0 Å². The molecule has 0 amide bonds. The third kappa shape index (κ3) is 4.56. The van der Waals surface area contributed by atoms with Crippen LogP contribution in [0.4, 0.5) is 13.2 Å². The Balaban J connectivity index is 2.21. The van der Waals surface area contributed by atoms with Crippen molar-refractivity contribution in [1.82, 2.24) is 9.97 Å². The topological polar surface area (TPSA) is 121 Å². The lowest BCUT2D eigenvalue weighted by Crippen LogP contribution is -2.22. The number of fused-ring (bicyclic) bond motifs is 1. The number of methoxy groups -OCH3 is 1. The SMILES string of the molecule is COc1ccc(-c2nc(C(=O)O)c([C@@H]([B]OCN)C(C)C)o2)c2ccc(C(F)(F)F)nc12. The van der Waals surface area contributed by atoms with Gasteiger partial charge in [-0.05, 0) is 30.2 Å². The molecule has 0 aliphatic carbocycles. The number of aromatic carboxylic acids is 1. The summed E-state index contributed by atoms with van der Waals surface area (Å²) < 4.78 is 55.6. The van der Waals surface area contributed by atoms with Gasteiger partial charge in [0.1, 0.15) is 22.7 Å². The molecule has 12 heteroatoms. The van der Waals surface area contributed by atoms with E-state index in [1.807, 2.05) is 13.8 Å². The summed E-state index contributed by atoms with van der Waals surface area (Å²) in [6, 6.07) is 4.98. The van der Waals surface area contributed by atoms with E-state index < -0.39 is 23.7 Å². The Kier molecular flexibility index (Phi) is 6.75. The molecule has 8 nitrogen and oxygen atoms in total. The van der Waals surface area contributed by atoms with Crippen LogP contribution in [0.15, 0.2) is 28.7 Å². The molecule has 0 bridgehead atoms. The molecule has 2 heterocycles. The fourth-order valence-corrected chi connectivity index (χ4v) is 3.21. The van der Waals surface area contributed by atoms with Gasteiger partial charge < -0.3 is 24.6 Å². The number of alkyl halides is 3.